The molecule has 4 aromatic rings. The Balaban J connectivity index is 1.71. The van der Waals surface area contributed by atoms with Gasteiger partial charge in [-0.3, -0.25) is 4.79 Å². The van der Waals surface area contributed by atoms with Gasteiger partial charge >= 0.3 is 5.97 Å². The first kappa shape index (κ1) is 19.8. The highest BCUT2D eigenvalue weighted by molar-refractivity contribution is 9.10. The van der Waals surface area contributed by atoms with Crippen LogP contribution in [0.3, 0.4) is 0 Å². The molecule has 0 aliphatic carbocycles. The number of amides is 1. The van der Waals surface area contributed by atoms with E-state index in [4.69, 9.17) is 9.72 Å². The lowest BCUT2D eigenvalue weighted by atomic mass is 10.0. The topological polar surface area (TPSA) is 68.3 Å². The van der Waals surface area contributed by atoms with Crippen molar-refractivity contribution in [1.29, 1.82) is 0 Å². The van der Waals surface area contributed by atoms with Gasteiger partial charge in [-0.05, 0) is 48.5 Å². The van der Waals surface area contributed by atoms with Crippen LogP contribution in [-0.4, -0.2) is 24.0 Å². The Bertz CT molecular complexity index is 1240. The van der Waals surface area contributed by atoms with E-state index in [1.54, 1.807) is 30.3 Å². The molecule has 1 aromatic heterocycles. The molecule has 5 nitrogen and oxygen atoms in total. The number of fused-ring (bicyclic) bond motifs is 1. The standard InChI is InChI=1S/C24H17BrN2O3/c1-30-24(29)16-8-12-18(13-9-16)26-23(28)20-14-22(15-6-10-17(25)11-7-15)27-21-5-3-2-4-19(20)21/h2-14H,1H3,(H,26,28). The van der Waals surface area contributed by atoms with Gasteiger partial charge in [0.25, 0.3) is 5.91 Å². The normalized spacial score (nSPS) is 10.6. The van der Waals surface area contributed by atoms with Gasteiger partial charge in [0.05, 0.1) is 29.4 Å². The van der Waals surface area contributed by atoms with Crippen LogP contribution in [0.2, 0.25) is 0 Å². The van der Waals surface area contributed by atoms with Gasteiger partial charge in [-0.15, -0.1) is 0 Å². The third-order valence-corrected chi connectivity index (χ3v) is 5.19. The molecular weight excluding hydrogens is 444 g/mol. The first-order chi connectivity index (χ1) is 14.5. The molecular formula is C24H17BrN2O3. The van der Waals surface area contributed by atoms with E-state index in [1.165, 1.54) is 7.11 Å². The summed E-state index contributed by atoms with van der Waals surface area (Å²) in [5, 5.41) is 3.66. The van der Waals surface area contributed by atoms with Crippen LogP contribution >= 0.6 is 15.9 Å². The van der Waals surface area contributed by atoms with Crippen molar-refractivity contribution in [3.05, 3.63) is 94.5 Å². The molecule has 3 aromatic carbocycles. The minimum absolute atomic E-state index is 0.252. The quantitative estimate of drug-likeness (QED) is 0.396. The molecule has 0 bridgehead atoms. The second-order valence-corrected chi connectivity index (χ2v) is 7.52. The van der Waals surface area contributed by atoms with E-state index in [0.29, 0.717) is 22.5 Å². The molecule has 0 saturated carbocycles. The number of carbonyl (C=O) groups is 2. The molecule has 6 heteroatoms. The van der Waals surface area contributed by atoms with E-state index >= 15 is 0 Å². The number of hydrogen-bond acceptors (Lipinski definition) is 4. The molecule has 1 heterocycles. The Labute approximate surface area is 181 Å². The zero-order valence-electron chi connectivity index (χ0n) is 16.1. The van der Waals surface area contributed by atoms with Crippen molar-refractivity contribution in [2.24, 2.45) is 0 Å². The first-order valence-corrected chi connectivity index (χ1v) is 10.00. The summed E-state index contributed by atoms with van der Waals surface area (Å²) in [6, 6.07) is 23.7. The monoisotopic (exact) mass is 460 g/mol. The number of aromatic nitrogens is 1. The maximum Gasteiger partial charge on any atom is 0.337 e. The summed E-state index contributed by atoms with van der Waals surface area (Å²) < 4.78 is 5.67. The molecule has 148 valence electrons. The lowest BCUT2D eigenvalue weighted by Crippen LogP contribution is -2.13. The van der Waals surface area contributed by atoms with E-state index in [2.05, 4.69) is 21.2 Å². The molecule has 0 radical (unpaired) electrons. The number of benzene rings is 3. The molecule has 0 spiro atoms. The van der Waals surface area contributed by atoms with Crippen LogP contribution in [0.4, 0.5) is 5.69 Å². The zero-order valence-corrected chi connectivity index (χ0v) is 17.6. The van der Waals surface area contributed by atoms with Crippen LogP contribution in [0.1, 0.15) is 20.7 Å². The van der Waals surface area contributed by atoms with Gasteiger partial charge in [0, 0.05) is 21.1 Å². The number of rotatable bonds is 4. The molecule has 0 atom stereocenters. The molecule has 0 aliphatic rings. The fraction of sp³-hybridized carbons (Fsp3) is 0.0417. The Kier molecular flexibility index (Phi) is 5.59. The number of nitrogens with zero attached hydrogens (tertiary/aromatic N) is 1. The Morgan fingerprint density at radius 2 is 1.63 bits per heavy atom. The van der Waals surface area contributed by atoms with Gasteiger partial charge < -0.3 is 10.1 Å². The smallest absolute Gasteiger partial charge is 0.337 e. The number of anilines is 1. The summed E-state index contributed by atoms with van der Waals surface area (Å²) in [6.07, 6.45) is 0. The molecule has 1 N–H and O–H groups in total. The van der Waals surface area contributed by atoms with Crippen molar-refractivity contribution in [2.45, 2.75) is 0 Å². The predicted octanol–water partition coefficient (Wildman–Crippen LogP) is 5.70. The van der Waals surface area contributed by atoms with Crippen molar-refractivity contribution in [3.8, 4) is 11.3 Å². The van der Waals surface area contributed by atoms with Crippen molar-refractivity contribution >= 4 is 44.4 Å². The number of carbonyl (C=O) groups excluding carboxylic acids is 2. The van der Waals surface area contributed by atoms with Crippen LogP contribution in [0, 0.1) is 0 Å². The van der Waals surface area contributed by atoms with Gasteiger partial charge in [-0.1, -0.05) is 46.3 Å². The van der Waals surface area contributed by atoms with E-state index in [9.17, 15) is 9.59 Å². The summed E-state index contributed by atoms with van der Waals surface area (Å²) in [5.74, 6) is -0.676. The summed E-state index contributed by atoms with van der Waals surface area (Å²) in [6.45, 7) is 0. The van der Waals surface area contributed by atoms with E-state index in [0.717, 1.165) is 20.9 Å². The summed E-state index contributed by atoms with van der Waals surface area (Å²) in [5.41, 5.74) is 3.90. The SMILES string of the molecule is COC(=O)c1ccc(NC(=O)c2cc(-c3ccc(Br)cc3)nc3ccccc23)cc1. The third kappa shape index (κ3) is 4.09. The van der Waals surface area contributed by atoms with Crippen LogP contribution in [0.15, 0.2) is 83.3 Å². The number of para-hydroxylation sites is 1. The van der Waals surface area contributed by atoms with Gasteiger partial charge in [0.2, 0.25) is 0 Å². The molecule has 0 aliphatic heterocycles. The fourth-order valence-electron chi connectivity index (χ4n) is 3.14. The maximum atomic E-state index is 13.1. The third-order valence-electron chi connectivity index (χ3n) is 4.66. The molecule has 0 fully saturated rings. The number of halogens is 1. The van der Waals surface area contributed by atoms with Crippen molar-refractivity contribution in [3.63, 3.8) is 0 Å². The summed E-state index contributed by atoms with van der Waals surface area (Å²) >= 11 is 3.44. The average molecular weight is 461 g/mol. The Morgan fingerprint density at radius 3 is 2.33 bits per heavy atom. The van der Waals surface area contributed by atoms with Crippen molar-refractivity contribution < 1.29 is 14.3 Å². The maximum absolute atomic E-state index is 13.1. The number of methoxy groups -OCH3 is 1. The Hall–Kier alpha value is -3.51. The van der Waals surface area contributed by atoms with Gasteiger partial charge in [0.1, 0.15) is 0 Å². The second kappa shape index (κ2) is 8.47. The molecule has 0 unspecified atom stereocenters. The van der Waals surface area contributed by atoms with Crippen molar-refractivity contribution in [1.82, 2.24) is 4.98 Å². The largest absolute Gasteiger partial charge is 0.465 e. The number of esters is 1. The molecule has 1 amide bonds. The number of ether oxygens (including phenoxy) is 1. The summed E-state index contributed by atoms with van der Waals surface area (Å²) in [7, 11) is 1.33. The van der Waals surface area contributed by atoms with Crippen LogP contribution in [0.5, 0.6) is 0 Å². The summed E-state index contributed by atoms with van der Waals surface area (Å²) in [4.78, 5) is 29.4. The van der Waals surface area contributed by atoms with Crippen LogP contribution < -0.4 is 5.32 Å². The lowest BCUT2D eigenvalue weighted by Gasteiger charge is -2.11. The Morgan fingerprint density at radius 1 is 0.933 bits per heavy atom. The second-order valence-electron chi connectivity index (χ2n) is 6.60. The zero-order chi connectivity index (χ0) is 21.1. The van der Waals surface area contributed by atoms with Gasteiger partial charge in [0.15, 0.2) is 0 Å². The number of pyridine rings is 1. The van der Waals surface area contributed by atoms with Crippen molar-refractivity contribution in [2.75, 3.05) is 12.4 Å². The van der Waals surface area contributed by atoms with Crippen LogP contribution in [-0.2, 0) is 4.74 Å². The predicted molar refractivity (Wildman–Crippen MR) is 121 cm³/mol. The first-order valence-electron chi connectivity index (χ1n) is 9.20. The highest BCUT2D eigenvalue weighted by Gasteiger charge is 2.15. The minimum Gasteiger partial charge on any atom is -0.465 e. The average Bonchev–Trinajstić information content (AvgIpc) is 2.78. The minimum atomic E-state index is -0.424. The molecule has 4 rings (SSSR count). The van der Waals surface area contributed by atoms with E-state index < -0.39 is 5.97 Å². The van der Waals surface area contributed by atoms with E-state index in [-0.39, 0.29) is 5.91 Å². The van der Waals surface area contributed by atoms with E-state index in [1.807, 2.05) is 48.5 Å². The molecule has 0 saturated heterocycles. The fourth-order valence-corrected chi connectivity index (χ4v) is 3.40. The molecule has 30 heavy (non-hydrogen) atoms. The highest BCUT2D eigenvalue weighted by Crippen LogP contribution is 2.26. The van der Waals surface area contributed by atoms with Crippen LogP contribution in [0.25, 0.3) is 22.2 Å². The number of hydrogen-bond donors (Lipinski definition) is 1. The van der Waals surface area contributed by atoms with Gasteiger partial charge in [-0.25, -0.2) is 9.78 Å². The highest BCUT2D eigenvalue weighted by atomic mass is 79.9. The number of nitrogens with one attached hydrogen (secondary N) is 1. The lowest BCUT2D eigenvalue weighted by molar-refractivity contribution is 0.0600. The van der Waals surface area contributed by atoms with Gasteiger partial charge in [-0.2, -0.15) is 0 Å².